The first kappa shape index (κ1) is 11.8. The molecule has 2 rings (SSSR count). The summed E-state index contributed by atoms with van der Waals surface area (Å²) in [7, 11) is 0. The fraction of sp³-hybridized carbons (Fsp3) is 0.417. The van der Waals surface area contributed by atoms with Crippen molar-refractivity contribution in [2.45, 2.75) is 13.5 Å². The fourth-order valence-electron chi connectivity index (χ4n) is 1.45. The monoisotopic (exact) mass is 254 g/mol. The van der Waals surface area contributed by atoms with E-state index in [1.165, 1.54) is 5.56 Å². The van der Waals surface area contributed by atoms with Gasteiger partial charge in [0.05, 0.1) is 0 Å². The third-order valence-corrected chi connectivity index (χ3v) is 3.94. The molecule has 0 spiro atoms. The SMILES string of the molecule is CC1CN=C(NCc2ccc(Cl)cc2)SC1. The molecule has 1 unspecified atom stereocenters. The molecule has 1 heterocycles. The van der Waals surface area contributed by atoms with Gasteiger partial charge >= 0.3 is 0 Å². The Morgan fingerprint density at radius 2 is 2.19 bits per heavy atom. The van der Waals surface area contributed by atoms with Gasteiger partial charge in [-0.25, -0.2) is 0 Å². The van der Waals surface area contributed by atoms with Crippen LogP contribution < -0.4 is 5.32 Å². The number of amidine groups is 1. The third kappa shape index (κ3) is 3.42. The molecule has 0 radical (unpaired) electrons. The molecule has 0 amide bonds. The highest BCUT2D eigenvalue weighted by atomic mass is 35.5. The molecule has 1 aliphatic rings. The lowest BCUT2D eigenvalue weighted by Gasteiger charge is -2.17. The van der Waals surface area contributed by atoms with E-state index in [1.807, 2.05) is 24.3 Å². The predicted molar refractivity (Wildman–Crippen MR) is 72.2 cm³/mol. The fourth-order valence-corrected chi connectivity index (χ4v) is 2.46. The van der Waals surface area contributed by atoms with Crippen molar-refractivity contribution in [1.82, 2.24) is 5.32 Å². The van der Waals surface area contributed by atoms with Crippen molar-refractivity contribution in [2.75, 3.05) is 12.3 Å². The standard InChI is InChI=1S/C12H15ClN2S/c1-9-6-14-12(16-8-9)15-7-10-2-4-11(13)5-3-10/h2-5,9H,6-8H2,1H3,(H,14,15). The predicted octanol–water partition coefficient (Wildman–Crippen LogP) is 3.17. The molecular weight excluding hydrogens is 240 g/mol. The zero-order chi connectivity index (χ0) is 11.4. The van der Waals surface area contributed by atoms with Crippen LogP contribution in [-0.2, 0) is 6.54 Å². The van der Waals surface area contributed by atoms with Crippen LogP contribution in [0.5, 0.6) is 0 Å². The second kappa shape index (κ2) is 5.60. The van der Waals surface area contributed by atoms with E-state index in [4.69, 9.17) is 11.6 Å². The number of rotatable bonds is 2. The molecule has 0 fully saturated rings. The molecule has 0 bridgehead atoms. The Kier molecular flexibility index (Phi) is 4.13. The smallest absolute Gasteiger partial charge is 0.156 e. The number of hydrogen-bond donors (Lipinski definition) is 1. The van der Waals surface area contributed by atoms with Gasteiger partial charge in [0.1, 0.15) is 0 Å². The van der Waals surface area contributed by atoms with Gasteiger partial charge in [-0.15, -0.1) is 0 Å². The molecule has 0 aromatic heterocycles. The lowest BCUT2D eigenvalue weighted by Crippen LogP contribution is -2.25. The van der Waals surface area contributed by atoms with Crippen LogP contribution in [0, 0.1) is 5.92 Å². The maximum Gasteiger partial charge on any atom is 0.156 e. The van der Waals surface area contributed by atoms with Crippen LogP contribution in [0.15, 0.2) is 29.3 Å². The topological polar surface area (TPSA) is 24.4 Å². The number of aliphatic imine (C=N–C) groups is 1. The number of nitrogens with one attached hydrogen (secondary N) is 1. The van der Waals surface area contributed by atoms with E-state index in [1.54, 1.807) is 11.8 Å². The van der Waals surface area contributed by atoms with E-state index in [0.29, 0.717) is 5.92 Å². The van der Waals surface area contributed by atoms with Crippen molar-refractivity contribution in [3.05, 3.63) is 34.9 Å². The Morgan fingerprint density at radius 1 is 1.44 bits per heavy atom. The van der Waals surface area contributed by atoms with Gasteiger partial charge in [0, 0.05) is 23.9 Å². The van der Waals surface area contributed by atoms with E-state index in [9.17, 15) is 0 Å². The minimum Gasteiger partial charge on any atom is -0.361 e. The molecule has 1 aromatic carbocycles. The first-order chi connectivity index (χ1) is 7.74. The second-order valence-corrected chi connectivity index (χ2v) is 5.49. The van der Waals surface area contributed by atoms with Crippen LogP contribution in [0.4, 0.5) is 0 Å². The van der Waals surface area contributed by atoms with Crippen molar-refractivity contribution in [2.24, 2.45) is 10.9 Å². The molecular formula is C12H15ClN2S. The Hall–Kier alpha value is -0.670. The van der Waals surface area contributed by atoms with Gasteiger partial charge in [-0.3, -0.25) is 4.99 Å². The van der Waals surface area contributed by atoms with Gasteiger partial charge in [-0.1, -0.05) is 42.4 Å². The number of hydrogen-bond acceptors (Lipinski definition) is 3. The normalized spacial score (nSPS) is 20.4. The highest BCUT2D eigenvalue weighted by Crippen LogP contribution is 2.16. The van der Waals surface area contributed by atoms with Crippen LogP contribution >= 0.6 is 23.4 Å². The molecule has 2 nitrogen and oxygen atoms in total. The average molecular weight is 255 g/mol. The van der Waals surface area contributed by atoms with Gasteiger partial charge in [0.15, 0.2) is 5.17 Å². The van der Waals surface area contributed by atoms with Crippen molar-refractivity contribution in [1.29, 1.82) is 0 Å². The summed E-state index contributed by atoms with van der Waals surface area (Å²) < 4.78 is 0. The average Bonchev–Trinajstić information content (AvgIpc) is 2.30. The van der Waals surface area contributed by atoms with E-state index in [0.717, 1.165) is 29.0 Å². The molecule has 86 valence electrons. The summed E-state index contributed by atoms with van der Waals surface area (Å²) in [6, 6.07) is 7.89. The molecule has 0 aliphatic carbocycles. The Balaban J connectivity index is 1.85. The molecule has 1 N–H and O–H groups in total. The Labute approximate surface area is 105 Å². The Morgan fingerprint density at radius 3 is 2.81 bits per heavy atom. The summed E-state index contributed by atoms with van der Waals surface area (Å²) in [6.07, 6.45) is 0. The first-order valence-electron chi connectivity index (χ1n) is 5.39. The molecule has 1 aliphatic heterocycles. The summed E-state index contributed by atoms with van der Waals surface area (Å²) in [5.41, 5.74) is 1.23. The second-order valence-electron chi connectivity index (χ2n) is 4.04. The van der Waals surface area contributed by atoms with Crippen molar-refractivity contribution in [3.8, 4) is 0 Å². The van der Waals surface area contributed by atoms with Gasteiger partial charge in [0.25, 0.3) is 0 Å². The third-order valence-electron chi connectivity index (χ3n) is 2.41. The highest BCUT2D eigenvalue weighted by molar-refractivity contribution is 8.13. The molecule has 0 saturated heterocycles. The summed E-state index contributed by atoms with van der Waals surface area (Å²) in [5.74, 6) is 1.86. The van der Waals surface area contributed by atoms with Crippen LogP contribution in [0.25, 0.3) is 0 Å². The maximum atomic E-state index is 5.83. The molecule has 4 heteroatoms. The van der Waals surface area contributed by atoms with E-state index < -0.39 is 0 Å². The maximum absolute atomic E-state index is 5.83. The highest BCUT2D eigenvalue weighted by Gasteiger charge is 2.11. The van der Waals surface area contributed by atoms with Crippen molar-refractivity contribution >= 4 is 28.5 Å². The molecule has 1 atom stereocenters. The zero-order valence-corrected chi connectivity index (χ0v) is 10.8. The number of thioether (sulfide) groups is 1. The quantitative estimate of drug-likeness (QED) is 0.877. The van der Waals surface area contributed by atoms with Crippen LogP contribution in [-0.4, -0.2) is 17.5 Å². The summed E-state index contributed by atoms with van der Waals surface area (Å²) in [4.78, 5) is 4.49. The zero-order valence-electron chi connectivity index (χ0n) is 9.24. The van der Waals surface area contributed by atoms with E-state index in [-0.39, 0.29) is 0 Å². The Bertz CT molecular complexity index is 375. The molecule has 1 aromatic rings. The van der Waals surface area contributed by atoms with Gasteiger partial charge in [0.2, 0.25) is 0 Å². The lowest BCUT2D eigenvalue weighted by molar-refractivity contribution is 0.669. The van der Waals surface area contributed by atoms with Crippen molar-refractivity contribution < 1.29 is 0 Å². The van der Waals surface area contributed by atoms with Gasteiger partial charge < -0.3 is 5.32 Å². The summed E-state index contributed by atoms with van der Waals surface area (Å²) in [5, 5.41) is 5.19. The van der Waals surface area contributed by atoms with E-state index in [2.05, 4.69) is 17.2 Å². The minimum absolute atomic E-state index is 0.700. The van der Waals surface area contributed by atoms with Gasteiger partial charge in [-0.2, -0.15) is 0 Å². The first-order valence-corrected chi connectivity index (χ1v) is 6.76. The summed E-state index contributed by atoms with van der Waals surface area (Å²) in [6.45, 7) is 3.99. The van der Waals surface area contributed by atoms with Gasteiger partial charge in [-0.05, 0) is 23.6 Å². The molecule has 0 saturated carbocycles. The van der Waals surface area contributed by atoms with E-state index >= 15 is 0 Å². The van der Waals surface area contributed by atoms with Crippen LogP contribution in [0.1, 0.15) is 12.5 Å². The lowest BCUT2D eigenvalue weighted by atomic mass is 10.2. The largest absolute Gasteiger partial charge is 0.361 e. The summed E-state index contributed by atoms with van der Waals surface area (Å²) >= 11 is 7.63. The van der Waals surface area contributed by atoms with Crippen molar-refractivity contribution in [3.63, 3.8) is 0 Å². The molecule has 16 heavy (non-hydrogen) atoms. The number of halogens is 1. The minimum atomic E-state index is 0.700. The number of benzene rings is 1. The van der Waals surface area contributed by atoms with Crippen LogP contribution in [0.2, 0.25) is 5.02 Å². The van der Waals surface area contributed by atoms with Crippen LogP contribution in [0.3, 0.4) is 0 Å². The number of nitrogens with zero attached hydrogens (tertiary/aromatic N) is 1.